The number of H-pyrrole nitrogens is 1. The topological polar surface area (TPSA) is 94.0 Å². The van der Waals surface area contributed by atoms with E-state index in [2.05, 4.69) is 10.1 Å². The Labute approximate surface area is 182 Å². The minimum absolute atomic E-state index is 0.115. The van der Waals surface area contributed by atoms with Gasteiger partial charge < -0.3 is 9.72 Å². The fourth-order valence-electron chi connectivity index (χ4n) is 3.72. The normalized spacial score (nSPS) is 11.1. The number of nitrogens with one attached hydrogen (secondary N) is 1. The van der Waals surface area contributed by atoms with Crippen molar-refractivity contribution in [1.29, 1.82) is 0 Å². The van der Waals surface area contributed by atoms with Crippen LogP contribution >= 0.6 is 11.3 Å². The summed E-state index contributed by atoms with van der Waals surface area (Å²) in [6.45, 7) is 6.38. The van der Waals surface area contributed by atoms with E-state index < -0.39 is 12.6 Å². The van der Waals surface area contributed by atoms with Crippen molar-refractivity contribution in [2.75, 3.05) is 6.61 Å². The van der Waals surface area contributed by atoms with Gasteiger partial charge in [-0.15, -0.1) is 11.3 Å². The average Bonchev–Trinajstić information content (AvgIpc) is 3.39. The van der Waals surface area contributed by atoms with Gasteiger partial charge >= 0.3 is 5.97 Å². The molecule has 3 heterocycles. The zero-order chi connectivity index (χ0) is 22.3. The van der Waals surface area contributed by atoms with Gasteiger partial charge in [0.05, 0.1) is 17.1 Å². The van der Waals surface area contributed by atoms with Gasteiger partial charge in [-0.05, 0) is 51.5 Å². The largest absolute Gasteiger partial charge is 0.453 e. The SMILES string of the molecule is CC(=O)c1c(C)[nH]c(C(=O)COC(=O)c2cc3c(C)nn(-c4ccccc4)c3s2)c1C. The minimum atomic E-state index is -0.568. The first-order valence-electron chi connectivity index (χ1n) is 9.73. The molecule has 0 saturated heterocycles. The zero-order valence-corrected chi connectivity index (χ0v) is 18.4. The molecule has 0 aliphatic rings. The Bertz CT molecular complexity index is 1330. The number of aromatic nitrogens is 3. The molecule has 4 rings (SSSR count). The monoisotopic (exact) mass is 435 g/mol. The quantitative estimate of drug-likeness (QED) is 0.353. The number of aromatic amines is 1. The van der Waals surface area contributed by atoms with Crippen LogP contribution in [0.25, 0.3) is 15.9 Å². The standard InChI is InChI=1S/C23H21N3O4S/c1-12-20(15(4)27)14(3)24-21(12)18(28)11-30-23(29)19-10-17-13(2)25-26(22(17)31-19)16-8-6-5-7-9-16/h5-10,24H,11H2,1-4H3. The number of esters is 1. The first-order chi connectivity index (χ1) is 14.8. The number of hydrogen-bond acceptors (Lipinski definition) is 6. The molecule has 0 amide bonds. The Morgan fingerprint density at radius 2 is 1.84 bits per heavy atom. The Kier molecular flexibility index (Phi) is 5.32. The van der Waals surface area contributed by atoms with Crippen molar-refractivity contribution in [2.24, 2.45) is 0 Å². The fourth-order valence-corrected chi connectivity index (χ4v) is 4.80. The van der Waals surface area contributed by atoms with Crippen LogP contribution in [0.15, 0.2) is 36.4 Å². The predicted octanol–water partition coefficient (Wildman–Crippen LogP) is 4.58. The zero-order valence-electron chi connectivity index (χ0n) is 17.6. The highest BCUT2D eigenvalue weighted by Gasteiger charge is 2.22. The lowest BCUT2D eigenvalue weighted by Crippen LogP contribution is -2.15. The highest BCUT2D eigenvalue weighted by Crippen LogP contribution is 2.31. The molecule has 0 aliphatic heterocycles. The number of hydrogen-bond donors (Lipinski definition) is 1. The van der Waals surface area contributed by atoms with E-state index in [0.717, 1.165) is 21.6 Å². The number of benzene rings is 1. The molecule has 7 nitrogen and oxygen atoms in total. The number of carbonyl (C=O) groups is 3. The molecule has 3 aromatic heterocycles. The van der Waals surface area contributed by atoms with E-state index in [4.69, 9.17) is 4.74 Å². The van der Waals surface area contributed by atoms with Gasteiger partial charge in [-0.2, -0.15) is 5.10 Å². The summed E-state index contributed by atoms with van der Waals surface area (Å²) < 4.78 is 7.08. The summed E-state index contributed by atoms with van der Waals surface area (Å²) in [5.41, 5.74) is 3.70. The summed E-state index contributed by atoms with van der Waals surface area (Å²) in [5.74, 6) is -1.06. The van der Waals surface area contributed by atoms with Gasteiger partial charge in [0, 0.05) is 16.6 Å². The molecule has 0 spiro atoms. The second-order valence-corrected chi connectivity index (χ2v) is 8.37. The van der Waals surface area contributed by atoms with Gasteiger partial charge in [0.2, 0.25) is 5.78 Å². The number of ketones is 2. The molecule has 0 saturated carbocycles. The molecular formula is C23H21N3O4S. The van der Waals surface area contributed by atoms with Crippen LogP contribution in [0.5, 0.6) is 0 Å². The van der Waals surface area contributed by atoms with E-state index in [1.165, 1.54) is 18.3 Å². The Balaban J connectivity index is 1.54. The molecule has 0 atom stereocenters. The third kappa shape index (κ3) is 3.70. The van der Waals surface area contributed by atoms with E-state index >= 15 is 0 Å². The molecule has 1 N–H and O–H groups in total. The highest BCUT2D eigenvalue weighted by molar-refractivity contribution is 7.20. The molecule has 0 bridgehead atoms. The van der Waals surface area contributed by atoms with Crippen molar-refractivity contribution >= 4 is 39.1 Å². The van der Waals surface area contributed by atoms with Crippen molar-refractivity contribution in [1.82, 2.24) is 14.8 Å². The smallest absolute Gasteiger partial charge is 0.348 e. The molecule has 0 fully saturated rings. The number of fused-ring (bicyclic) bond motifs is 1. The summed E-state index contributed by atoms with van der Waals surface area (Å²) >= 11 is 1.27. The third-order valence-electron chi connectivity index (χ3n) is 5.15. The summed E-state index contributed by atoms with van der Waals surface area (Å²) in [5, 5.41) is 5.43. The lowest BCUT2D eigenvalue weighted by molar-refractivity contribution is 0.0478. The molecule has 0 aliphatic carbocycles. The molecule has 158 valence electrons. The first-order valence-corrected chi connectivity index (χ1v) is 10.5. The number of rotatable bonds is 6. The van der Waals surface area contributed by atoms with Gasteiger partial charge in [0.25, 0.3) is 0 Å². The number of para-hydroxylation sites is 1. The Morgan fingerprint density at radius 3 is 2.48 bits per heavy atom. The maximum absolute atomic E-state index is 12.6. The van der Waals surface area contributed by atoms with Gasteiger partial charge in [0.1, 0.15) is 9.71 Å². The molecule has 0 radical (unpaired) electrons. The van der Waals surface area contributed by atoms with E-state index in [0.29, 0.717) is 27.4 Å². The number of aryl methyl sites for hydroxylation is 2. The second kappa shape index (κ2) is 7.96. The number of ether oxygens (including phenoxy) is 1. The second-order valence-electron chi connectivity index (χ2n) is 7.34. The maximum Gasteiger partial charge on any atom is 0.348 e. The van der Waals surface area contributed by atoms with Crippen LogP contribution in [0.4, 0.5) is 0 Å². The van der Waals surface area contributed by atoms with E-state index in [1.54, 1.807) is 24.6 Å². The minimum Gasteiger partial charge on any atom is -0.453 e. The van der Waals surface area contributed by atoms with Crippen molar-refractivity contribution < 1.29 is 19.1 Å². The number of Topliss-reactive ketones (excluding diaryl/α,β-unsaturated/α-hetero) is 2. The number of thiophene rings is 1. The summed E-state index contributed by atoms with van der Waals surface area (Å²) in [7, 11) is 0. The summed E-state index contributed by atoms with van der Waals surface area (Å²) in [4.78, 5) is 41.1. The maximum atomic E-state index is 12.6. The average molecular weight is 436 g/mol. The lowest BCUT2D eigenvalue weighted by atomic mass is 10.1. The van der Waals surface area contributed by atoms with Gasteiger partial charge in [-0.25, -0.2) is 9.48 Å². The molecule has 31 heavy (non-hydrogen) atoms. The summed E-state index contributed by atoms with van der Waals surface area (Å²) in [6, 6.07) is 11.4. The van der Waals surface area contributed by atoms with Crippen molar-refractivity contribution in [3.8, 4) is 5.69 Å². The third-order valence-corrected chi connectivity index (χ3v) is 6.24. The van der Waals surface area contributed by atoms with Crippen molar-refractivity contribution in [3.63, 3.8) is 0 Å². The van der Waals surface area contributed by atoms with Crippen LogP contribution in [0.2, 0.25) is 0 Å². The number of carbonyl (C=O) groups excluding carboxylic acids is 3. The van der Waals surface area contributed by atoms with Crippen molar-refractivity contribution in [2.45, 2.75) is 27.7 Å². The molecule has 1 aromatic carbocycles. The van der Waals surface area contributed by atoms with E-state index in [9.17, 15) is 14.4 Å². The van der Waals surface area contributed by atoms with Crippen LogP contribution in [0.3, 0.4) is 0 Å². The molecule has 0 unspecified atom stereocenters. The molecular weight excluding hydrogens is 414 g/mol. The van der Waals surface area contributed by atoms with Gasteiger partial charge in [0.15, 0.2) is 12.4 Å². The Morgan fingerprint density at radius 1 is 1.13 bits per heavy atom. The van der Waals surface area contributed by atoms with E-state index in [-0.39, 0.29) is 11.6 Å². The predicted molar refractivity (Wildman–Crippen MR) is 119 cm³/mol. The van der Waals surface area contributed by atoms with E-state index in [1.807, 2.05) is 37.3 Å². The summed E-state index contributed by atoms with van der Waals surface area (Å²) in [6.07, 6.45) is 0. The van der Waals surface area contributed by atoms with Crippen LogP contribution in [0, 0.1) is 20.8 Å². The van der Waals surface area contributed by atoms with Crippen LogP contribution in [0.1, 0.15) is 54.4 Å². The van der Waals surface area contributed by atoms with Crippen LogP contribution < -0.4 is 0 Å². The molecule has 4 aromatic rings. The lowest BCUT2D eigenvalue weighted by Gasteiger charge is -2.03. The Hall–Kier alpha value is -3.52. The van der Waals surface area contributed by atoms with Crippen molar-refractivity contribution in [3.05, 3.63) is 69.5 Å². The first kappa shape index (κ1) is 20.7. The van der Waals surface area contributed by atoms with Gasteiger partial charge in [-0.1, -0.05) is 18.2 Å². The number of nitrogens with zero attached hydrogens (tertiary/aromatic N) is 2. The van der Waals surface area contributed by atoms with Crippen LogP contribution in [-0.2, 0) is 4.74 Å². The highest BCUT2D eigenvalue weighted by atomic mass is 32.1. The van der Waals surface area contributed by atoms with Crippen LogP contribution in [-0.4, -0.2) is 38.9 Å². The fraction of sp³-hybridized carbons (Fsp3) is 0.217. The molecule has 8 heteroatoms. The van der Waals surface area contributed by atoms with Gasteiger partial charge in [-0.3, -0.25) is 9.59 Å².